The summed E-state index contributed by atoms with van der Waals surface area (Å²) in [5.74, 6) is -1.02. The summed E-state index contributed by atoms with van der Waals surface area (Å²) in [6, 6.07) is 13.4. The third kappa shape index (κ3) is 3.67. The number of nitrogens with zero attached hydrogens (tertiary/aromatic N) is 2. The molecule has 0 spiro atoms. The minimum absolute atomic E-state index is 0.211. The van der Waals surface area contributed by atoms with Gasteiger partial charge < -0.3 is 4.90 Å². The Morgan fingerprint density at radius 2 is 1.48 bits per heavy atom. The second-order valence-corrected chi connectivity index (χ2v) is 7.30. The standard InChI is InChI=1S/C21H21BrN2O3/c1-3-23(4-2)21(27)18(13-14-9-11-15(22)12-10-14)24-19(25)16-7-5-6-8-17(16)20(24)26/h5-12,18H,3-4,13H2,1-2H3. The van der Waals surface area contributed by atoms with E-state index in [2.05, 4.69) is 15.9 Å². The number of hydrogen-bond donors (Lipinski definition) is 0. The average Bonchev–Trinajstić information content (AvgIpc) is 2.93. The molecule has 1 atom stereocenters. The number of amides is 3. The smallest absolute Gasteiger partial charge is 0.262 e. The molecule has 1 heterocycles. The fraction of sp³-hybridized carbons (Fsp3) is 0.286. The summed E-state index contributed by atoms with van der Waals surface area (Å²) in [4.78, 5) is 41.8. The van der Waals surface area contributed by atoms with Crippen LogP contribution < -0.4 is 0 Å². The predicted octanol–water partition coefficient (Wildman–Crippen LogP) is 3.52. The van der Waals surface area contributed by atoms with Crippen LogP contribution in [0.5, 0.6) is 0 Å². The summed E-state index contributed by atoms with van der Waals surface area (Å²) >= 11 is 3.40. The molecule has 3 amide bonds. The number of hydrogen-bond acceptors (Lipinski definition) is 3. The number of fused-ring (bicyclic) bond motifs is 1. The summed E-state index contributed by atoms with van der Waals surface area (Å²) in [6.45, 7) is 4.83. The van der Waals surface area contributed by atoms with Crippen LogP contribution in [0.2, 0.25) is 0 Å². The Kier molecular flexibility index (Phi) is 5.75. The molecular weight excluding hydrogens is 408 g/mol. The highest BCUT2D eigenvalue weighted by Crippen LogP contribution is 2.27. The highest BCUT2D eigenvalue weighted by molar-refractivity contribution is 9.10. The van der Waals surface area contributed by atoms with Gasteiger partial charge in [-0.15, -0.1) is 0 Å². The fourth-order valence-electron chi connectivity index (χ4n) is 3.37. The maximum Gasteiger partial charge on any atom is 0.262 e. The normalized spacial score (nSPS) is 14.3. The van der Waals surface area contributed by atoms with Gasteiger partial charge in [-0.2, -0.15) is 0 Å². The van der Waals surface area contributed by atoms with E-state index < -0.39 is 17.9 Å². The Labute approximate surface area is 167 Å². The van der Waals surface area contributed by atoms with Crippen molar-refractivity contribution >= 4 is 33.7 Å². The van der Waals surface area contributed by atoms with Gasteiger partial charge in [0.2, 0.25) is 5.91 Å². The molecule has 0 N–H and O–H groups in total. The number of carbonyl (C=O) groups is 3. The lowest BCUT2D eigenvalue weighted by Crippen LogP contribution is -2.52. The first kappa shape index (κ1) is 19.3. The first-order valence-electron chi connectivity index (χ1n) is 8.98. The zero-order chi connectivity index (χ0) is 19.6. The van der Waals surface area contributed by atoms with Crippen molar-refractivity contribution in [2.45, 2.75) is 26.3 Å². The van der Waals surface area contributed by atoms with Gasteiger partial charge in [-0.25, -0.2) is 0 Å². The fourth-order valence-corrected chi connectivity index (χ4v) is 3.63. The van der Waals surface area contributed by atoms with Crippen molar-refractivity contribution in [3.63, 3.8) is 0 Å². The van der Waals surface area contributed by atoms with Gasteiger partial charge in [0, 0.05) is 24.0 Å². The Morgan fingerprint density at radius 1 is 0.963 bits per heavy atom. The minimum Gasteiger partial charge on any atom is -0.341 e. The first-order valence-corrected chi connectivity index (χ1v) is 9.77. The van der Waals surface area contributed by atoms with E-state index >= 15 is 0 Å². The number of halogens is 1. The Balaban J connectivity index is 1.99. The number of rotatable bonds is 6. The molecule has 1 aliphatic heterocycles. The van der Waals surface area contributed by atoms with E-state index in [-0.39, 0.29) is 12.3 Å². The van der Waals surface area contributed by atoms with Crippen molar-refractivity contribution in [3.05, 3.63) is 69.7 Å². The molecule has 27 heavy (non-hydrogen) atoms. The molecule has 0 radical (unpaired) electrons. The SMILES string of the molecule is CCN(CC)C(=O)C(Cc1ccc(Br)cc1)N1C(=O)c2ccccc2C1=O. The Bertz CT molecular complexity index is 840. The summed E-state index contributed by atoms with van der Waals surface area (Å²) in [6.07, 6.45) is 0.286. The monoisotopic (exact) mass is 428 g/mol. The van der Waals surface area contributed by atoms with E-state index in [1.165, 1.54) is 0 Å². The molecule has 0 bridgehead atoms. The molecular formula is C21H21BrN2O3. The lowest BCUT2D eigenvalue weighted by Gasteiger charge is -2.30. The molecule has 0 saturated carbocycles. The van der Waals surface area contributed by atoms with E-state index in [9.17, 15) is 14.4 Å². The van der Waals surface area contributed by atoms with Crippen LogP contribution in [0.1, 0.15) is 40.1 Å². The topological polar surface area (TPSA) is 57.7 Å². The zero-order valence-electron chi connectivity index (χ0n) is 15.3. The average molecular weight is 429 g/mol. The van der Waals surface area contributed by atoms with Crippen LogP contribution >= 0.6 is 15.9 Å². The first-order chi connectivity index (χ1) is 13.0. The van der Waals surface area contributed by atoms with Gasteiger partial charge in [0.05, 0.1) is 11.1 Å². The number of benzene rings is 2. The van der Waals surface area contributed by atoms with E-state index in [0.717, 1.165) is 14.9 Å². The van der Waals surface area contributed by atoms with Crippen molar-refractivity contribution in [3.8, 4) is 0 Å². The van der Waals surface area contributed by atoms with Crippen molar-refractivity contribution in [2.75, 3.05) is 13.1 Å². The third-order valence-corrected chi connectivity index (χ3v) is 5.37. The van der Waals surface area contributed by atoms with Gasteiger partial charge in [-0.1, -0.05) is 40.2 Å². The molecule has 0 saturated heterocycles. The van der Waals surface area contributed by atoms with Gasteiger partial charge in [-0.05, 0) is 43.7 Å². The van der Waals surface area contributed by atoms with Crippen LogP contribution in [0.3, 0.4) is 0 Å². The molecule has 140 valence electrons. The number of imide groups is 1. The van der Waals surface area contributed by atoms with Crippen molar-refractivity contribution < 1.29 is 14.4 Å². The summed E-state index contributed by atoms with van der Waals surface area (Å²) in [5.41, 5.74) is 1.60. The van der Waals surface area contributed by atoms with Crippen LogP contribution in [0.25, 0.3) is 0 Å². The zero-order valence-corrected chi connectivity index (χ0v) is 16.9. The summed E-state index contributed by atoms with van der Waals surface area (Å²) < 4.78 is 0.929. The highest BCUT2D eigenvalue weighted by atomic mass is 79.9. The van der Waals surface area contributed by atoms with Crippen molar-refractivity contribution in [2.24, 2.45) is 0 Å². The lowest BCUT2D eigenvalue weighted by molar-refractivity contribution is -0.135. The van der Waals surface area contributed by atoms with Gasteiger partial charge in [0.25, 0.3) is 11.8 Å². The van der Waals surface area contributed by atoms with E-state index in [1.807, 2.05) is 38.1 Å². The maximum atomic E-state index is 13.2. The van der Waals surface area contributed by atoms with Gasteiger partial charge in [0.1, 0.15) is 6.04 Å². The molecule has 1 unspecified atom stereocenters. The predicted molar refractivity (Wildman–Crippen MR) is 107 cm³/mol. The molecule has 3 rings (SSSR count). The molecule has 0 aromatic heterocycles. The molecule has 0 aliphatic carbocycles. The second kappa shape index (κ2) is 8.05. The summed E-state index contributed by atoms with van der Waals surface area (Å²) in [7, 11) is 0. The highest BCUT2D eigenvalue weighted by Gasteiger charge is 2.43. The van der Waals surface area contributed by atoms with E-state index in [4.69, 9.17) is 0 Å². The van der Waals surface area contributed by atoms with Crippen LogP contribution in [-0.2, 0) is 11.2 Å². The lowest BCUT2D eigenvalue weighted by atomic mass is 10.0. The minimum atomic E-state index is -0.863. The summed E-state index contributed by atoms with van der Waals surface area (Å²) in [5, 5.41) is 0. The van der Waals surface area contributed by atoms with Crippen molar-refractivity contribution in [1.82, 2.24) is 9.80 Å². The van der Waals surface area contributed by atoms with E-state index in [1.54, 1.807) is 29.2 Å². The van der Waals surface area contributed by atoms with Gasteiger partial charge in [-0.3, -0.25) is 19.3 Å². The largest absolute Gasteiger partial charge is 0.341 e. The Hall–Kier alpha value is -2.47. The van der Waals surface area contributed by atoms with Crippen LogP contribution in [0.4, 0.5) is 0 Å². The third-order valence-electron chi connectivity index (χ3n) is 4.84. The van der Waals surface area contributed by atoms with Crippen molar-refractivity contribution in [1.29, 1.82) is 0 Å². The number of carbonyl (C=O) groups excluding carboxylic acids is 3. The molecule has 6 heteroatoms. The van der Waals surface area contributed by atoms with Crippen LogP contribution in [0.15, 0.2) is 53.0 Å². The Morgan fingerprint density at radius 3 is 1.96 bits per heavy atom. The molecule has 2 aromatic carbocycles. The maximum absolute atomic E-state index is 13.2. The quantitative estimate of drug-likeness (QED) is 0.661. The van der Waals surface area contributed by atoms with Crippen LogP contribution in [-0.4, -0.2) is 46.7 Å². The molecule has 5 nitrogen and oxygen atoms in total. The molecule has 1 aliphatic rings. The van der Waals surface area contributed by atoms with Gasteiger partial charge >= 0.3 is 0 Å². The molecule has 0 fully saturated rings. The molecule has 2 aromatic rings. The number of likely N-dealkylation sites (N-methyl/N-ethyl adjacent to an activating group) is 1. The van der Waals surface area contributed by atoms with Crippen LogP contribution in [0, 0.1) is 0 Å². The van der Waals surface area contributed by atoms with E-state index in [0.29, 0.717) is 24.2 Å². The van der Waals surface area contributed by atoms with Gasteiger partial charge in [0.15, 0.2) is 0 Å². The second-order valence-electron chi connectivity index (χ2n) is 6.38.